The lowest BCUT2D eigenvalue weighted by molar-refractivity contribution is 0.397. The van der Waals surface area contributed by atoms with Crippen LogP contribution in [0.4, 0.5) is 0 Å². The highest BCUT2D eigenvalue weighted by molar-refractivity contribution is 7.89. The van der Waals surface area contributed by atoms with Gasteiger partial charge in [0.1, 0.15) is 0 Å². The van der Waals surface area contributed by atoms with Crippen LogP contribution in [0.1, 0.15) is 26.7 Å². The molecule has 1 N–H and O–H groups in total. The third kappa shape index (κ3) is 3.43. The summed E-state index contributed by atoms with van der Waals surface area (Å²) in [6.45, 7) is 6.22. The first-order valence-electron chi connectivity index (χ1n) is 5.60. The van der Waals surface area contributed by atoms with Gasteiger partial charge in [0.05, 0.1) is 5.25 Å². The van der Waals surface area contributed by atoms with Crippen LogP contribution in [0, 0.1) is 5.92 Å². The zero-order valence-electron chi connectivity index (χ0n) is 9.86. The van der Waals surface area contributed by atoms with Gasteiger partial charge in [0.25, 0.3) is 0 Å². The first-order chi connectivity index (χ1) is 6.94. The predicted octanol–water partition coefficient (Wildman–Crippen LogP) is 0.656. The Kier molecular flexibility index (Phi) is 4.55. The van der Waals surface area contributed by atoms with E-state index in [2.05, 4.69) is 5.32 Å². The Balaban J connectivity index is 2.63. The number of hydrogen-bond donors (Lipinski definition) is 1. The van der Waals surface area contributed by atoms with Gasteiger partial charge in [0.2, 0.25) is 10.0 Å². The van der Waals surface area contributed by atoms with Gasteiger partial charge in [-0.25, -0.2) is 12.7 Å². The molecule has 0 bridgehead atoms. The van der Waals surface area contributed by atoms with Gasteiger partial charge in [0, 0.05) is 20.1 Å². The molecule has 1 unspecified atom stereocenters. The van der Waals surface area contributed by atoms with E-state index in [1.807, 2.05) is 13.8 Å². The van der Waals surface area contributed by atoms with E-state index < -0.39 is 10.0 Å². The number of hydrogen-bond acceptors (Lipinski definition) is 3. The summed E-state index contributed by atoms with van der Waals surface area (Å²) in [7, 11) is -1.40. The summed E-state index contributed by atoms with van der Waals surface area (Å²) in [5.41, 5.74) is 0. The van der Waals surface area contributed by atoms with Gasteiger partial charge in [-0.05, 0) is 25.3 Å². The maximum Gasteiger partial charge on any atom is 0.217 e. The Morgan fingerprint density at radius 1 is 1.47 bits per heavy atom. The molecule has 1 heterocycles. The minimum absolute atomic E-state index is 0.227. The van der Waals surface area contributed by atoms with Crippen molar-refractivity contribution in [2.24, 2.45) is 5.92 Å². The van der Waals surface area contributed by atoms with Crippen LogP contribution >= 0.6 is 0 Å². The molecule has 1 aliphatic rings. The number of sulfonamides is 1. The maximum absolute atomic E-state index is 12.1. The van der Waals surface area contributed by atoms with Crippen molar-refractivity contribution in [3.63, 3.8) is 0 Å². The van der Waals surface area contributed by atoms with E-state index in [1.54, 1.807) is 7.05 Å². The third-order valence-corrected chi connectivity index (χ3v) is 4.99. The molecule has 1 rings (SSSR count). The smallest absolute Gasteiger partial charge is 0.217 e. The summed E-state index contributed by atoms with van der Waals surface area (Å²) in [6.07, 6.45) is 1.75. The Labute approximate surface area is 93.1 Å². The van der Waals surface area contributed by atoms with Crippen molar-refractivity contribution in [3.8, 4) is 0 Å². The molecule has 0 spiro atoms. The SMILES string of the molecule is CC(C)CN(C)S(=O)(=O)C1CCCNC1. The Bertz CT molecular complexity index is 282. The monoisotopic (exact) mass is 234 g/mol. The summed E-state index contributed by atoms with van der Waals surface area (Å²) in [4.78, 5) is 0. The Morgan fingerprint density at radius 3 is 2.60 bits per heavy atom. The molecule has 90 valence electrons. The zero-order valence-corrected chi connectivity index (χ0v) is 10.7. The fourth-order valence-electron chi connectivity index (χ4n) is 1.95. The largest absolute Gasteiger partial charge is 0.315 e. The number of nitrogens with zero attached hydrogens (tertiary/aromatic N) is 1. The van der Waals surface area contributed by atoms with Crippen molar-refractivity contribution < 1.29 is 8.42 Å². The highest BCUT2D eigenvalue weighted by Crippen LogP contribution is 2.16. The van der Waals surface area contributed by atoms with Gasteiger partial charge in [0.15, 0.2) is 0 Å². The average Bonchev–Trinajstić information content (AvgIpc) is 2.18. The second-order valence-corrected chi connectivity index (χ2v) is 7.01. The van der Waals surface area contributed by atoms with E-state index in [4.69, 9.17) is 0 Å². The molecule has 0 amide bonds. The highest BCUT2D eigenvalue weighted by Gasteiger charge is 2.30. The molecule has 4 nitrogen and oxygen atoms in total. The summed E-state index contributed by atoms with van der Waals surface area (Å²) < 4.78 is 25.7. The lowest BCUT2D eigenvalue weighted by atomic mass is 10.2. The van der Waals surface area contributed by atoms with Crippen molar-refractivity contribution >= 4 is 10.0 Å². The van der Waals surface area contributed by atoms with Crippen molar-refractivity contribution in [3.05, 3.63) is 0 Å². The van der Waals surface area contributed by atoms with Gasteiger partial charge >= 0.3 is 0 Å². The van der Waals surface area contributed by atoms with E-state index in [-0.39, 0.29) is 5.25 Å². The number of nitrogens with one attached hydrogen (secondary N) is 1. The average molecular weight is 234 g/mol. The summed E-state index contributed by atoms with van der Waals surface area (Å²) in [5, 5.41) is 2.92. The normalized spacial score (nSPS) is 23.7. The first kappa shape index (κ1) is 12.9. The van der Waals surface area contributed by atoms with Crippen LogP contribution in [0.15, 0.2) is 0 Å². The molecular weight excluding hydrogens is 212 g/mol. The molecular formula is C10H22N2O2S. The van der Waals surface area contributed by atoms with E-state index in [1.165, 1.54) is 4.31 Å². The van der Waals surface area contributed by atoms with Crippen LogP contribution in [0.5, 0.6) is 0 Å². The molecule has 0 aliphatic carbocycles. The van der Waals surface area contributed by atoms with Crippen LogP contribution in [0.25, 0.3) is 0 Å². The molecule has 0 aromatic carbocycles. The van der Waals surface area contributed by atoms with E-state index in [0.29, 0.717) is 19.0 Å². The van der Waals surface area contributed by atoms with Crippen LogP contribution in [0.3, 0.4) is 0 Å². The van der Waals surface area contributed by atoms with Crippen molar-refractivity contribution in [1.82, 2.24) is 9.62 Å². The Morgan fingerprint density at radius 2 is 2.13 bits per heavy atom. The van der Waals surface area contributed by atoms with Gasteiger partial charge < -0.3 is 5.32 Å². The van der Waals surface area contributed by atoms with Gasteiger partial charge in [-0.1, -0.05) is 13.8 Å². The topological polar surface area (TPSA) is 49.4 Å². The molecule has 0 aromatic rings. The van der Waals surface area contributed by atoms with Crippen LogP contribution < -0.4 is 5.32 Å². The number of rotatable bonds is 4. The Hall–Kier alpha value is -0.130. The van der Waals surface area contributed by atoms with E-state index in [0.717, 1.165) is 19.4 Å². The van der Waals surface area contributed by atoms with Crippen molar-refractivity contribution in [2.75, 3.05) is 26.7 Å². The fraction of sp³-hybridized carbons (Fsp3) is 1.00. The molecule has 5 heteroatoms. The van der Waals surface area contributed by atoms with Crippen molar-refractivity contribution in [2.45, 2.75) is 31.9 Å². The summed E-state index contributed by atoms with van der Waals surface area (Å²) in [5.74, 6) is 0.376. The van der Waals surface area contributed by atoms with E-state index in [9.17, 15) is 8.42 Å². The van der Waals surface area contributed by atoms with Gasteiger partial charge in [-0.3, -0.25) is 0 Å². The van der Waals surface area contributed by atoms with Crippen LogP contribution in [-0.4, -0.2) is 44.7 Å². The molecule has 0 radical (unpaired) electrons. The first-order valence-corrected chi connectivity index (χ1v) is 7.10. The molecule has 15 heavy (non-hydrogen) atoms. The van der Waals surface area contributed by atoms with Crippen LogP contribution in [-0.2, 0) is 10.0 Å². The fourth-order valence-corrected chi connectivity index (χ4v) is 3.75. The maximum atomic E-state index is 12.1. The molecule has 1 atom stereocenters. The molecule has 0 saturated carbocycles. The lowest BCUT2D eigenvalue weighted by Crippen LogP contribution is -2.45. The van der Waals surface area contributed by atoms with Crippen LogP contribution in [0.2, 0.25) is 0 Å². The molecule has 1 saturated heterocycles. The molecule has 1 aliphatic heterocycles. The summed E-state index contributed by atoms with van der Waals surface area (Å²) in [6, 6.07) is 0. The van der Waals surface area contributed by atoms with E-state index >= 15 is 0 Å². The minimum Gasteiger partial charge on any atom is -0.315 e. The number of piperidine rings is 1. The van der Waals surface area contributed by atoms with Crippen molar-refractivity contribution in [1.29, 1.82) is 0 Å². The lowest BCUT2D eigenvalue weighted by Gasteiger charge is -2.28. The third-order valence-electron chi connectivity index (χ3n) is 2.73. The highest BCUT2D eigenvalue weighted by atomic mass is 32.2. The van der Waals surface area contributed by atoms with Gasteiger partial charge in [-0.2, -0.15) is 0 Å². The quantitative estimate of drug-likeness (QED) is 0.777. The standard InChI is InChI=1S/C10H22N2O2S/c1-9(2)8-12(3)15(13,14)10-5-4-6-11-7-10/h9-11H,4-8H2,1-3H3. The predicted molar refractivity (Wildman–Crippen MR) is 62.3 cm³/mol. The molecule has 1 fully saturated rings. The summed E-state index contributed by atoms with van der Waals surface area (Å²) >= 11 is 0. The minimum atomic E-state index is -3.09. The zero-order chi connectivity index (χ0) is 11.5. The second-order valence-electron chi connectivity index (χ2n) is 4.69. The second kappa shape index (κ2) is 5.27. The molecule has 0 aromatic heterocycles. The van der Waals surface area contributed by atoms with Gasteiger partial charge in [-0.15, -0.1) is 0 Å².